The molecule has 0 N–H and O–H groups in total. The van der Waals surface area contributed by atoms with E-state index in [4.69, 9.17) is 4.74 Å². The van der Waals surface area contributed by atoms with Crippen molar-refractivity contribution in [3.63, 3.8) is 0 Å². The highest BCUT2D eigenvalue weighted by molar-refractivity contribution is 7.12. The summed E-state index contributed by atoms with van der Waals surface area (Å²) >= 11 is 1.48. The summed E-state index contributed by atoms with van der Waals surface area (Å²) in [7, 11) is 1.66. The van der Waals surface area contributed by atoms with Gasteiger partial charge in [-0.25, -0.2) is 0 Å². The molecule has 2 aromatic carbocycles. The molecule has 0 saturated carbocycles. The van der Waals surface area contributed by atoms with Gasteiger partial charge in [-0.15, -0.1) is 11.3 Å². The molecule has 124 valence electrons. The SMILES string of the molecule is COc1ccc(Cn2cc(C(=O)c3cccs3)c3ccccc32)cc1. The first-order chi connectivity index (χ1) is 12.3. The standard InChI is InChI=1S/C21H17NO2S/c1-24-16-10-8-15(9-11-16)13-22-14-18(17-5-2-3-6-19(17)22)21(23)20-7-4-12-25-20/h2-12,14H,13H2,1H3. The maximum atomic E-state index is 12.9. The zero-order valence-electron chi connectivity index (χ0n) is 13.8. The second-order valence-corrected chi connectivity index (χ2v) is 6.79. The molecule has 2 aromatic heterocycles. The Morgan fingerprint density at radius 2 is 1.84 bits per heavy atom. The van der Waals surface area contributed by atoms with Gasteiger partial charge in [-0.2, -0.15) is 0 Å². The number of para-hydroxylation sites is 1. The van der Waals surface area contributed by atoms with Gasteiger partial charge in [0.05, 0.1) is 12.0 Å². The highest BCUT2D eigenvalue weighted by Gasteiger charge is 2.17. The fourth-order valence-corrected chi connectivity index (χ4v) is 3.70. The van der Waals surface area contributed by atoms with Crippen LogP contribution in [-0.2, 0) is 6.54 Å². The summed E-state index contributed by atoms with van der Waals surface area (Å²) in [5.74, 6) is 0.925. The molecular formula is C21H17NO2S. The quantitative estimate of drug-likeness (QED) is 0.476. The van der Waals surface area contributed by atoms with Gasteiger partial charge in [-0.05, 0) is 35.2 Å². The van der Waals surface area contributed by atoms with Crippen LogP contribution in [0.2, 0.25) is 0 Å². The van der Waals surface area contributed by atoms with Crippen molar-refractivity contribution in [2.75, 3.05) is 7.11 Å². The van der Waals surface area contributed by atoms with E-state index in [1.165, 1.54) is 11.3 Å². The van der Waals surface area contributed by atoms with Gasteiger partial charge in [0.15, 0.2) is 0 Å². The van der Waals surface area contributed by atoms with Crippen LogP contribution in [0.15, 0.2) is 72.2 Å². The summed E-state index contributed by atoms with van der Waals surface area (Å²) in [6.07, 6.45) is 1.97. The van der Waals surface area contributed by atoms with E-state index >= 15 is 0 Å². The van der Waals surface area contributed by atoms with Crippen molar-refractivity contribution < 1.29 is 9.53 Å². The first-order valence-electron chi connectivity index (χ1n) is 8.05. The Morgan fingerprint density at radius 1 is 1.04 bits per heavy atom. The summed E-state index contributed by atoms with van der Waals surface area (Å²) < 4.78 is 7.35. The number of fused-ring (bicyclic) bond motifs is 1. The molecule has 0 radical (unpaired) electrons. The van der Waals surface area contributed by atoms with E-state index in [9.17, 15) is 4.79 Å². The second-order valence-electron chi connectivity index (χ2n) is 5.84. The van der Waals surface area contributed by atoms with E-state index in [0.717, 1.165) is 32.7 Å². The van der Waals surface area contributed by atoms with Crippen molar-refractivity contribution in [1.82, 2.24) is 4.57 Å². The van der Waals surface area contributed by atoms with Gasteiger partial charge in [0.2, 0.25) is 5.78 Å². The number of nitrogens with zero attached hydrogens (tertiary/aromatic N) is 1. The number of carbonyl (C=O) groups is 1. The lowest BCUT2D eigenvalue weighted by Gasteiger charge is -2.06. The molecule has 0 spiro atoms. The van der Waals surface area contributed by atoms with Gasteiger partial charge in [-0.1, -0.05) is 36.4 Å². The average molecular weight is 347 g/mol. The first kappa shape index (κ1) is 15.7. The minimum absolute atomic E-state index is 0.0830. The van der Waals surface area contributed by atoms with E-state index in [1.807, 2.05) is 66.2 Å². The number of carbonyl (C=O) groups excluding carboxylic acids is 1. The number of benzene rings is 2. The summed E-state index contributed by atoms with van der Waals surface area (Å²) in [6.45, 7) is 0.711. The smallest absolute Gasteiger partial charge is 0.205 e. The van der Waals surface area contributed by atoms with Crippen molar-refractivity contribution in [1.29, 1.82) is 0 Å². The van der Waals surface area contributed by atoms with Gasteiger partial charge in [0, 0.05) is 29.2 Å². The maximum Gasteiger partial charge on any atom is 0.205 e. The predicted octanol–water partition coefficient (Wildman–Crippen LogP) is 4.99. The highest BCUT2D eigenvalue weighted by atomic mass is 32.1. The van der Waals surface area contributed by atoms with Gasteiger partial charge < -0.3 is 9.30 Å². The molecule has 0 atom stereocenters. The maximum absolute atomic E-state index is 12.9. The number of ketones is 1. The van der Waals surface area contributed by atoms with Gasteiger partial charge in [-0.3, -0.25) is 4.79 Å². The second kappa shape index (κ2) is 6.57. The van der Waals surface area contributed by atoms with Crippen LogP contribution in [0.1, 0.15) is 20.8 Å². The van der Waals surface area contributed by atoms with Crippen molar-refractivity contribution in [3.05, 3.63) is 88.2 Å². The van der Waals surface area contributed by atoms with Gasteiger partial charge >= 0.3 is 0 Å². The third kappa shape index (κ3) is 2.96. The van der Waals surface area contributed by atoms with Crippen LogP contribution in [0, 0.1) is 0 Å². The molecule has 4 heteroatoms. The Morgan fingerprint density at radius 3 is 2.56 bits per heavy atom. The molecule has 0 amide bonds. The molecule has 2 heterocycles. The molecule has 0 aliphatic rings. The zero-order chi connectivity index (χ0) is 17.2. The van der Waals surface area contributed by atoms with Gasteiger partial charge in [0.25, 0.3) is 0 Å². The Bertz CT molecular complexity index is 1010. The molecule has 4 aromatic rings. The largest absolute Gasteiger partial charge is 0.497 e. The minimum atomic E-state index is 0.0830. The zero-order valence-corrected chi connectivity index (χ0v) is 14.6. The summed E-state index contributed by atoms with van der Waals surface area (Å²) in [4.78, 5) is 13.6. The average Bonchev–Trinajstić information content (AvgIpc) is 3.31. The summed E-state index contributed by atoms with van der Waals surface area (Å²) in [6, 6.07) is 19.9. The van der Waals surface area contributed by atoms with Crippen LogP contribution in [0.5, 0.6) is 5.75 Å². The number of methoxy groups -OCH3 is 1. The van der Waals surface area contributed by atoms with Crippen molar-refractivity contribution >= 4 is 28.0 Å². The molecule has 0 aliphatic heterocycles. The Kier molecular flexibility index (Phi) is 4.12. The Hall–Kier alpha value is -2.85. The molecule has 0 unspecified atom stereocenters. The molecule has 25 heavy (non-hydrogen) atoms. The number of rotatable bonds is 5. The number of hydrogen-bond acceptors (Lipinski definition) is 3. The monoisotopic (exact) mass is 347 g/mol. The third-order valence-corrected chi connectivity index (χ3v) is 5.16. The van der Waals surface area contributed by atoms with Crippen LogP contribution in [0.25, 0.3) is 10.9 Å². The Balaban J connectivity index is 1.75. The molecule has 4 rings (SSSR count). The van der Waals surface area contributed by atoms with E-state index in [1.54, 1.807) is 7.11 Å². The molecule has 0 saturated heterocycles. The normalized spacial score (nSPS) is 10.9. The topological polar surface area (TPSA) is 31.2 Å². The lowest BCUT2D eigenvalue weighted by Crippen LogP contribution is -1.99. The van der Waals surface area contributed by atoms with E-state index in [2.05, 4.69) is 10.6 Å². The van der Waals surface area contributed by atoms with Crippen LogP contribution < -0.4 is 4.74 Å². The van der Waals surface area contributed by atoms with Crippen LogP contribution in [0.4, 0.5) is 0 Å². The van der Waals surface area contributed by atoms with Crippen LogP contribution in [0.3, 0.4) is 0 Å². The molecule has 0 aliphatic carbocycles. The predicted molar refractivity (Wildman–Crippen MR) is 102 cm³/mol. The van der Waals surface area contributed by atoms with E-state index < -0.39 is 0 Å². The van der Waals surface area contributed by atoms with Crippen molar-refractivity contribution in [3.8, 4) is 5.75 Å². The Labute approximate surface area is 150 Å². The summed E-state index contributed by atoms with van der Waals surface area (Å²) in [5, 5.41) is 2.93. The van der Waals surface area contributed by atoms with Crippen LogP contribution >= 0.6 is 11.3 Å². The number of hydrogen-bond donors (Lipinski definition) is 0. The lowest BCUT2D eigenvalue weighted by molar-refractivity contribution is 0.104. The van der Waals surface area contributed by atoms with Crippen molar-refractivity contribution in [2.24, 2.45) is 0 Å². The minimum Gasteiger partial charge on any atom is -0.497 e. The number of thiophene rings is 1. The van der Waals surface area contributed by atoms with E-state index in [-0.39, 0.29) is 5.78 Å². The molecule has 0 fully saturated rings. The fraction of sp³-hybridized carbons (Fsp3) is 0.0952. The third-order valence-electron chi connectivity index (χ3n) is 4.29. The fourth-order valence-electron chi connectivity index (χ4n) is 3.03. The number of ether oxygens (including phenoxy) is 1. The number of aromatic nitrogens is 1. The van der Waals surface area contributed by atoms with Crippen molar-refractivity contribution in [2.45, 2.75) is 6.54 Å². The van der Waals surface area contributed by atoms with Gasteiger partial charge in [0.1, 0.15) is 5.75 Å². The summed E-state index contributed by atoms with van der Waals surface area (Å²) in [5.41, 5.74) is 2.99. The highest BCUT2D eigenvalue weighted by Crippen LogP contribution is 2.26. The van der Waals surface area contributed by atoms with Crippen LogP contribution in [-0.4, -0.2) is 17.5 Å². The molecular weight excluding hydrogens is 330 g/mol. The molecule has 3 nitrogen and oxygen atoms in total. The lowest BCUT2D eigenvalue weighted by atomic mass is 10.1. The van der Waals surface area contributed by atoms with E-state index in [0.29, 0.717) is 6.54 Å². The molecule has 0 bridgehead atoms. The first-order valence-corrected chi connectivity index (χ1v) is 8.93.